The van der Waals surface area contributed by atoms with Crippen molar-refractivity contribution >= 4 is 6.09 Å². The Labute approximate surface area is 96.8 Å². The van der Waals surface area contributed by atoms with Crippen LogP contribution in [0.5, 0.6) is 0 Å². The van der Waals surface area contributed by atoms with Crippen LogP contribution in [-0.4, -0.2) is 54.0 Å². The number of rotatable bonds is 4. The van der Waals surface area contributed by atoms with Crippen LogP contribution in [0.25, 0.3) is 0 Å². The van der Waals surface area contributed by atoms with E-state index in [0.29, 0.717) is 0 Å². The molecule has 0 bridgehead atoms. The van der Waals surface area contributed by atoms with Crippen molar-refractivity contribution in [2.75, 3.05) is 26.2 Å². The Kier molecular flexibility index (Phi) is 4.56. The number of hydrogen-bond acceptors (Lipinski definition) is 4. The lowest BCUT2D eigenvalue weighted by molar-refractivity contribution is 0.0394. The number of amides is 1. The summed E-state index contributed by atoms with van der Waals surface area (Å²) in [4.78, 5) is 13.6. The topological polar surface area (TPSA) is 61.8 Å². The summed E-state index contributed by atoms with van der Waals surface area (Å²) in [7, 11) is 0. The number of aliphatic hydroxyl groups is 1. The standard InChI is InChI=1S/C11H22N2O3/c1-11(2,3)16-10(15)12-9-7-13(8-9)5-4-6-14/h9,14H,4-8H2,1-3H3,(H,12,15). The normalized spacial score (nSPS) is 18.0. The predicted molar refractivity (Wildman–Crippen MR) is 61.3 cm³/mol. The van der Waals surface area contributed by atoms with Gasteiger partial charge in [0, 0.05) is 26.2 Å². The zero-order valence-corrected chi connectivity index (χ0v) is 10.3. The van der Waals surface area contributed by atoms with Crippen LogP contribution < -0.4 is 5.32 Å². The highest BCUT2D eigenvalue weighted by Crippen LogP contribution is 2.10. The molecule has 2 N–H and O–H groups in total. The van der Waals surface area contributed by atoms with Gasteiger partial charge in [0.05, 0.1) is 6.04 Å². The highest BCUT2D eigenvalue weighted by Gasteiger charge is 2.28. The molecule has 1 amide bonds. The zero-order valence-electron chi connectivity index (χ0n) is 10.3. The van der Waals surface area contributed by atoms with Crippen molar-refractivity contribution < 1.29 is 14.6 Å². The molecule has 1 aliphatic heterocycles. The fourth-order valence-corrected chi connectivity index (χ4v) is 1.61. The Morgan fingerprint density at radius 2 is 2.12 bits per heavy atom. The van der Waals surface area contributed by atoms with Crippen molar-refractivity contribution in [3.05, 3.63) is 0 Å². The Morgan fingerprint density at radius 1 is 1.50 bits per heavy atom. The van der Waals surface area contributed by atoms with Gasteiger partial charge in [0.25, 0.3) is 0 Å². The lowest BCUT2D eigenvalue weighted by atomic mass is 10.1. The molecule has 0 aliphatic carbocycles. The number of alkyl carbamates (subject to hydrolysis) is 1. The van der Waals surface area contributed by atoms with E-state index < -0.39 is 5.60 Å². The maximum atomic E-state index is 11.4. The molecule has 0 unspecified atom stereocenters. The molecule has 0 radical (unpaired) electrons. The minimum absolute atomic E-state index is 0.188. The number of carbonyl (C=O) groups excluding carboxylic acids is 1. The summed E-state index contributed by atoms with van der Waals surface area (Å²) >= 11 is 0. The largest absolute Gasteiger partial charge is 0.444 e. The van der Waals surface area contributed by atoms with E-state index in [9.17, 15) is 4.79 Å². The number of likely N-dealkylation sites (tertiary alicyclic amines) is 1. The molecule has 1 heterocycles. The predicted octanol–water partition coefficient (Wildman–Crippen LogP) is 0.578. The number of nitrogens with one attached hydrogen (secondary N) is 1. The highest BCUT2D eigenvalue weighted by atomic mass is 16.6. The molecule has 0 aromatic carbocycles. The maximum absolute atomic E-state index is 11.4. The van der Waals surface area contributed by atoms with Gasteiger partial charge in [-0.15, -0.1) is 0 Å². The summed E-state index contributed by atoms with van der Waals surface area (Å²) in [5.41, 5.74) is -0.440. The summed E-state index contributed by atoms with van der Waals surface area (Å²) in [5, 5.41) is 11.5. The molecule has 5 nitrogen and oxygen atoms in total. The SMILES string of the molecule is CC(C)(C)OC(=O)NC1CN(CCCO)C1. The van der Waals surface area contributed by atoms with Crippen molar-refractivity contribution in [2.24, 2.45) is 0 Å². The van der Waals surface area contributed by atoms with Gasteiger partial charge in [-0.3, -0.25) is 4.90 Å². The minimum atomic E-state index is -0.440. The molecule has 1 rings (SSSR count). The van der Waals surface area contributed by atoms with E-state index >= 15 is 0 Å². The molecular formula is C11H22N2O3. The van der Waals surface area contributed by atoms with Gasteiger partial charge in [-0.25, -0.2) is 4.79 Å². The Balaban J connectivity index is 2.10. The van der Waals surface area contributed by atoms with Crippen LogP contribution in [0.4, 0.5) is 4.79 Å². The van der Waals surface area contributed by atoms with Crippen molar-refractivity contribution in [2.45, 2.75) is 38.8 Å². The highest BCUT2D eigenvalue weighted by molar-refractivity contribution is 5.68. The maximum Gasteiger partial charge on any atom is 0.407 e. The van der Waals surface area contributed by atoms with Crippen molar-refractivity contribution in [3.63, 3.8) is 0 Å². The van der Waals surface area contributed by atoms with Gasteiger partial charge in [-0.2, -0.15) is 0 Å². The van der Waals surface area contributed by atoms with Gasteiger partial charge in [0.1, 0.15) is 5.60 Å². The minimum Gasteiger partial charge on any atom is -0.444 e. The number of hydrogen-bond donors (Lipinski definition) is 2. The fraction of sp³-hybridized carbons (Fsp3) is 0.909. The third-order valence-electron chi connectivity index (χ3n) is 2.31. The third-order valence-corrected chi connectivity index (χ3v) is 2.31. The molecule has 0 saturated carbocycles. The van der Waals surface area contributed by atoms with E-state index in [4.69, 9.17) is 9.84 Å². The van der Waals surface area contributed by atoms with Gasteiger partial charge in [-0.05, 0) is 27.2 Å². The monoisotopic (exact) mass is 230 g/mol. The van der Waals surface area contributed by atoms with Gasteiger partial charge in [0.2, 0.25) is 0 Å². The van der Waals surface area contributed by atoms with Crippen LogP contribution in [0.1, 0.15) is 27.2 Å². The quantitative estimate of drug-likeness (QED) is 0.741. The molecule has 1 aliphatic rings. The summed E-state index contributed by atoms with van der Waals surface area (Å²) in [6, 6.07) is 0.188. The molecule has 0 aromatic rings. The second-order valence-corrected chi connectivity index (χ2v) is 5.18. The van der Waals surface area contributed by atoms with Gasteiger partial charge in [-0.1, -0.05) is 0 Å². The lowest BCUT2D eigenvalue weighted by Crippen LogP contribution is -2.59. The van der Waals surface area contributed by atoms with E-state index in [1.54, 1.807) is 0 Å². The van der Waals surface area contributed by atoms with Crippen molar-refractivity contribution in [1.82, 2.24) is 10.2 Å². The first-order valence-electron chi connectivity index (χ1n) is 5.73. The first-order chi connectivity index (χ1) is 7.40. The molecule has 0 atom stereocenters. The van der Waals surface area contributed by atoms with Crippen molar-refractivity contribution in [1.29, 1.82) is 0 Å². The lowest BCUT2D eigenvalue weighted by Gasteiger charge is -2.39. The van der Waals surface area contributed by atoms with E-state index in [1.165, 1.54) is 0 Å². The number of nitrogens with zero attached hydrogens (tertiary/aromatic N) is 1. The van der Waals surface area contributed by atoms with Gasteiger partial charge < -0.3 is 15.2 Å². The molecule has 1 fully saturated rings. The third kappa shape index (κ3) is 4.81. The second-order valence-electron chi connectivity index (χ2n) is 5.18. The molecule has 94 valence electrons. The number of ether oxygens (including phenoxy) is 1. The summed E-state index contributed by atoms with van der Waals surface area (Å²) in [6.07, 6.45) is 0.443. The molecule has 0 aromatic heterocycles. The van der Waals surface area contributed by atoms with Crippen LogP contribution in [0, 0.1) is 0 Å². The van der Waals surface area contributed by atoms with E-state index in [-0.39, 0.29) is 18.7 Å². The number of carbonyl (C=O) groups is 1. The first kappa shape index (κ1) is 13.3. The number of aliphatic hydroxyl groups excluding tert-OH is 1. The summed E-state index contributed by atoms with van der Waals surface area (Å²) in [5.74, 6) is 0. The van der Waals surface area contributed by atoms with Crippen LogP contribution >= 0.6 is 0 Å². The molecule has 0 spiro atoms. The van der Waals surface area contributed by atoms with Crippen molar-refractivity contribution in [3.8, 4) is 0 Å². The summed E-state index contributed by atoms with van der Waals surface area (Å²) < 4.78 is 5.15. The molecule has 1 saturated heterocycles. The van der Waals surface area contributed by atoms with E-state index in [1.807, 2.05) is 20.8 Å². The molecule has 5 heteroatoms. The Bertz CT molecular complexity index is 232. The average molecular weight is 230 g/mol. The van der Waals surface area contributed by atoms with Crippen LogP contribution in [0.3, 0.4) is 0 Å². The van der Waals surface area contributed by atoms with Crippen LogP contribution in [0.2, 0.25) is 0 Å². The van der Waals surface area contributed by atoms with Gasteiger partial charge >= 0.3 is 6.09 Å². The van der Waals surface area contributed by atoms with E-state index in [2.05, 4.69) is 10.2 Å². The fourth-order valence-electron chi connectivity index (χ4n) is 1.61. The van der Waals surface area contributed by atoms with Crippen LogP contribution in [0.15, 0.2) is 0 Å². The van der Waals surface area contributed by atoms with Gasteiger partial charge in [0.15, 0.2) is 0 Å². The smallest absolute Gasteiger partial charge is 0.407 e. The molecule has 16 heavy (non-hydrogen) atoms. The average Bonchev–Trinajstić information content (AvgIpc) is 2.05. The zero-order chi connectivity index (χ0) is 12.2. The van der Waals surface area contributed by atoms with E-state index in [0.717, 1.165) is 26.1 Å². The Morgan fingerprint density at radius 3 is 2.62 bits per heavy atom. The molecular weight excluding hydrogens is 208 g/mol. The summed E-state index contributed by atoms with van der Waals surface area (Å²) in [6.45, 7) is 8.35. The van der Waals surface area contributed by atoms with Crippen LogP contribution in [-0.2, 0) is 4.74 Å². The first-order valence-corrected chi connectivity index (χ1v) is 5.73. The Hall–Kier alpha value is -0.810. The second kappa shape index (κ2) is 5.50.